The van der Waals surface area contributed by atoms with E-state index in [4.69, 9.17) is 4.42 Å². The molecule has 0 aliphatic rings. The summed E-state index contributed by atoms with van der Waals surface area (Å²) in [5.41, 5.74) is 2.29. The zero-order valence-electron chi connectivity index (χ0n) is 14.2. The molecule has 0 aliphatic heterocycles. The predicted molar refractivity (Wildman–Crippen MR) is 105 cm³/mol. The molecule has 2 aromatic carbocycles. The minimum atomic E-state index is -0.439. The summed E-state index contributed by atoms with van der Waals surface area (Å²) in [6.07, 6.45) is 1.73. The number of oxazole rings is 1. The first-order valence-corrected chi connectivity index (χ1v) is 9.17. The number of anilines is 1. The van der Waals surface area contributed by atoms with Crippen molar-refractivity contribution in [3.05, 3.63) is 71.3 Å². The molecule has 4 rings (SSSR count). The van der Waals surface area contributed by atoms with Gasteiger partial charge in [0.05, 0.1) is 10.4 Å². The molecule has 0 fully saturated rings. The lowest BCUT2D eigenvalue weighted by atomic mass is 10.2. The summed E-state index contributed by atoms with van der Waals surface area (Å²) in [5, 5.41) is 5.95. The van der Waals surface area contributed by atoms with Crippen LogP contribution in [0.3, 0.4) is 0 Å². The third kappa shape index (κ3) is 3.75. The Labute approximate surface area is 158 Å². The molecule has 27 heavy (non-hydrogen) atoms. The predicted octanol–water partition coefficient (Wildman–Crippen LogP) is 3.54. The molecule has 0 saturated heterocycles. The molecule has 2 N–H and O–H groups in total. The molecule has 7 nitrogen and oxygen atoms in total. The summed E-state index contributed by atoms with van der Waals surface area (Å²) in [7, 11) is 0. The zero-order chi connectivity index (χ0) is 18.6. The second-order valence-corrected chi connectivity index (χ2v) is 6.79. The maximum absolute atomic E-state index is 12.1. The largest absolute Gasteiger partial charge is 0.420 e. The van der Waals surface area contributed by atoms with Crippen LogP contribution >= 0.6 is 11.3 Å². The van der Waals surface area contributed by atoms with Gasteiger partial charge in [0.1, 0.15) is 0 Å². The summed E-state index contributed by atoms with van der Waals surface area (Å²) in [5.74, 6) is -0.439. The standard InChI is InChI=1S/C19H16N4O3S/c24-17(22-18-21-12-16(27-18)13-6-2-1-3-7-13)20-10-11-23-14-8-4-5-9-15(14)26-19(23)25/h1-9,12H,10-11H2,(H2,20,21,22,24). The minimum absolute atomic E-state index is 0.284. The average molecular weight is 380 g/mol. The average Bonchev–Trinajstić information content (AvgIpc) is 3.27. The molecule has 8 heteroatoms. The van der Waals surface area contributed by atoms with Crippen LogP contribution in [0.1, 0.15) is 0 Å². The fraction of sp³-hybridized carbons (Fsp3) is 0.105. The fourth-order valence-electron chi connectivity index (χ4n) is 2.72. The second-order valence-electron chi connectivity index (χ2n) is 5.76. The topological polar surface area (TPSA) is 89.2 Å². The Morgan fingerprint density at radius 2 is 1.89 bits per heavy atom. The highest BCUT2D eigenvalue weighted by Gasteiger charge is 2.10. The number of nitrogens with one attached hydrogen (secondary N) is 2. The Bertz CT molecular complexity index is 1130. The fourth-order valence-corrected chi connectivity index (χ4v) is 3.53. The van der Waals surface area contributed by atoms with Gasteiger partial charge in [-0.05, 0) is 17.7 Å². The number of aromatic nitrogens is 2. The van der Waals surface area contributed by atoms with E-state index in [9.17, 15) is 9.59 Å². The van der Waals surface area contributed by atoms with E-state index in [0.29, 0.717) is 22.8 Å². The SMILES string of the molecule is O=C(NCCn1c(=O)oc2ccccc21)Nc1ncc(-c2ccccc2)s1. The molecular formula is C19H16N4O3S. The number of urea groups is 1. The van der Waals surface area contributed by atoms with E-state index in [1.54, 1.807) is 24.4 Å². The minimum Gasteiger partial charge on any atom is -0.408 e. The van der Waals surface area contributed by atoms with E-state index in [1.807, 2.05) is 36.4 Å². The van der Waals surface area contributed by atoms with Gasteiger partial charge in [0.25, 0.3) is 0 Å². The third-order valence-electron chi connectivity index (χ3n) is 3.98. The van der Waals surface area contributed by atoms with Crippen LogP contribution in [-0.2, 0) is 6.54 Å². The maximum Gasteiger partial charge on any atom is 0.420 e. The Morgan fingerprint density at radius 1 is 1.11 bits per heavy atom. The molecule has 0 atom stereocenters. The van der Waals surface area contributed by atoms with Crippen LogP contribution in [0, 0.1) is 0 Å². The lowest BCUT2D eigenvalue weighted by molar-refractivity contribution is 0.251. The van der Waals surface area contributed by atoms with E-state index in [0.717, 1.165) is 10.4 Å². The number of nitrogens with zero attached hydrogens (tertiary/aromatic N) is 2. The van der Waals surface area contributed by atoms with Gasteiger partial charge < -0.3 is 9.73 Å². The molecule has 0 radical (unpaired) electrons. The summed E-state index contributed by atoms with van der Waals surface area (Å²) < 4.78 is 6.66. The highest BCUT2D eigenvalue weighted by molar-refractivity contribution is 7.19. The molecule has 0 unspecified atom stereocenters. The van der Waals surface area contributed by atoms with Crippen LogP contribution in [0.2, 0.25) is 0 Å². The van der Waals surface area contributed by atoms with Crippen molar-refractivity contribution in [1.29, 1.82) is 0 Å². The molecule has 0 aliphatic carbocycles. The van der Waals surface area contributed by atoms with Crippen LogP contribution in [0.5, 0.6) is 0 Å². The van der Waals surface area contributed by atoms with Gasteiger partial charge in [0.2, 0.25) is 0 Å². The summed E-state index contributed by atoms with van der Waals surface area (Å²) >= 11 is 1.40. The lowest BCUT2D eigenvalue weighted by Gasteiger charge is -2.06. The van der Waals surface area contributed by atoms with Gasteiger partial charge in [0, 0.05) is 19.3 Å². The molecule has 2 heterocycles. The van der Waals surface area contributed by atoms with Crippen LogP contribution in [-0.4, -0.2) is 22.1 Å². The molecule has 4 aromatic rings. The normalized spacial score (nSPS) is 10.8. The first kappa shape index (κ1) is 17.0. The first-order valence-electron chi connectivity index (χ1n) is 8.35. The number of benzene rings is 2. The summed E-state index contributed by atoms with van der Waals surface area (Å²) in [6.45, 7) is 0.600. The van der Waals surface area contributed by atoms with Gasteiger partial charge in [-0.15, -0.1) is 0 Å². The number of hydrogen-bond donors (Lipinski definition) is 2. The van der Waals surface area contributed by atoms with E-state index in [1.165, 1.54) is 15.9 Å². The van der Waals surface area contributed by atoms with E-state index in [2.05, 4.69) is 15.6 Å². The van der Waals surface area contributed by atoms with Gasteiger partial charge in [-0.3, -0.25) is 9.88 Å². The van der Waals surface area contributed by atoms with Crippen LogP contribution in [0.25, 0.3) is 21.5 Å². The number of carbonyl (C=O) groups is 1. The highest BCUT2D eigenvalue weighted by Crippen LogP contribution is 2.28. The van der Waals surface area contributed by atoms with Gasteiger partial charge >= 0.3 is 11.8 Å². The van der Waals surface area contributed by atoms with Crippen molar-refractivity contribution in [2.24, 2.45) is 0 Å². The third-order valence-corrected chi connectivity index (χ3v) is 4.94. The number of para-hydroxylation sites is 2. The smallest absolute Gasteiger partial charge is 0.408 e. The van der Waals surface area contributed by atoms with Crippen molar-refractivity contribution in [3.8, 4) is 10.4 Å². The van der Waals surface area contributed by atoms with Crippen molar-refractivity contribution in [2.75, 3.05) is 11.9 Å². The number of amides is 2. The first-order chi connectivity index (χ1) is 13.2. The quantitative estimate of drug-likeness (QED) is 0.554. The van der Waals surface area contributed by atoms with E-state index in [-0.39, 0.29) is 12.6 Å². The van der Waals surface area contributed by atoms with Gasteiger partial charge in [-0.1, -0.05) is 53.8 Å². The molecule has 0 spiro atoms. The molecule has 0 bridgehead atoms. The van der Waals surface area contributed by atoms with Crippen LogP contribution in [0.15, 0.2) is 70.0 Å². The Kier molecular flexibility index (Phi) is 4.71. The van der Waals surface area contributed by atoms with E-state index < -0.39 is 5.76 Å². The number of rotatable bonds is 5. The van der Waals surface area contributed by atoms with Crippen molar-refractivity contribution >= 4 is 33.6 Å². The number of hydrogen-bond acceptors (Lipinski definition) is 5. The Balaban J connectivity index is 1.34. The van der Waals surface area contributed by atoms with Crippen LogP contribution in [0.4, 0.5) is 9.93 Å². The summed E-state index contributed by atoms with van der Waals surface area (Å²) in [6, 6.07) is 16.7. The van der Waals surface area contributed by atoms with Gasteiger partial charge in [-0.2, -0.15) is 0 Å². The van der Waals surface area contributed by atoms with Gasteiger partial charge in [0.15, 0.2) is 10.7 Å². The highest BCUT2D eigenvalue weighted by atomic mass is 32.1. The van der Waals surface area contributed by atoms with Crippen molar-refractivity contribution in [2.45, 2.75) is 6.54 Å². The molecule has 0 saturated carbocycles. The lowest BCUT2D eigenvalue weighted by Crippen LogP contribution is -2.32. The number of fused-ring (bicyclic) bond motifs is 1. The van der Waals surface area contributed by atoms with Crippen molar-refractivity contribution in [1.82, 2.24) is 14.9 Å². The molecular weight excluding hydrogens is 364 g/mol. The maximum atomic E-state index is 12.1. The Morgan fingerprint density at radius 3 is 2.74 bits per heavy atom. The number of thiazole rings is 1. The van der Waals surface area contributed by atoms with Crippen molar-refractivity contribution < 1.29 is 9.21 Å². The zero-order valence-corrected chi connectivity index (χ0v) is 15.0. The second kappa shape index (κ2) is 7.46. The van der Waals surface area contributed by atoms with Crippen LogP contribution < -0.4 is 16.4 Å². The monoisotopic (exact) mass is 380 g/mol. The van der Waals surface area contributed by atoms with Crippen molar-refractivity contribution in [3.63, 3.8) is 0 Å². The molecule has 2 aromatic heterocycles. The molecule has 136 valence electrons. The van der Waals surface area contributed by atoms with Gasteiger partial charge in [-0.25, -0.2) is 14.6 Å². The summed E-state index contributed by atoms with van der Waals surface area (Å²) in [4.78, 5) is 29.2. The van der Waals surface area contributed by atoms with E-state index >= 15 is 0 Å². The molecule has 2 amide bonds. The Hall–Kier alpha value is -3.39. The number of carbonyl (C=O) groups excluding carboxylic acids is 1.